The zero-order valence-electron chi connectivity index (χ0n) is 15.9. The molecule has 0 bridgehead atoms. The molecule has 1 aliphatic rings. The lowest BCUT2D eigenvalue weighted by Crippen LogP contribution is -2.20. The number of carbonyl (C=O) groups is 1. The molecule has 1 aliphatic carbocycles. The topological polar surface area (TPSA) is 139 Å². The Morgan fingerprint density at radius 1 is 1.40 bits per heavy atom. The number of aryl methyl sites for hydroxylation is 2. The molecule has 0 spiro atoms. The van der Waals surface area contributed by atoms with E-state index in [-0.39, 0.29) is 28.4 Å². The molecule has 9 nitrogen and oxygen atoms in total. The molecule has 1 aromatic carbocycles. The van der Waals surface area contributed by atoms with Crippen molar-refractivity contribution < 1.29 is 14.5 Å². The minimum Gasteiger partial charge on any atom is -0.490 e. The molecule has 152 valence electrons. The largest absolute Gasteiger partial charge is 0.490 e. The maximum absolute atomic E-state index is 12.9. The number of Topliss-reactive ketones (excluding diaryl/α,β-unsaturated/α-hetero) is 1. The van der Waals surface area contributed by atoms with Crippen molar-refractivity contribution in [2.45, 2.75) is 31.6 Å². The van der Waals surface area contributed by atoms with Gasteiger partial charge in [0.25, 0.3) is 5.56 Å². The minimum absolute atomic E-state index is 0.00201. The molecule has 0 aliphatic heterocycles. The Kier molecular flexibility index (Phi) is 5.05. The summed E-state index contributed by atoms with van der Waals surface area (Å²) in [4.78, 5) is 44.9. The molecule has 2 heterocycles. The molecule has 0 radical (unpaired) electrons. The van der Waals surface area contributed by atoms with Gasteiger partial charge in [-0.1, -0.05) is 0 Å². The number of carbonyl (C=O) groups excluding carboxylic acids is 1. The highest BCUT2D eigenvalue weighted by atomic mass is 32.1. The molecule has 1 N–H and O–H groups in total. The van der Waals surface area contributed by atoms with Crippen molar-refractivity contribution in [3.05, 3.63) is 60.5 Å². The van der Waals surface area contributed by atoms with E-state index in [2.05, 4.69) is 9.97 Å². The van der Waals surface area contributed by atoms with Crippen molar-refractivity contribution >= 4 is 33.0 Å². The first kappa shape index (κ1) is 19.7. The second-order valence-corrected chi connectivity index (χ2v) is 8.00. The van der Waals surface area contributed by atoms with Crippen molar-refractivity contribution in [1.82, 2.24) is 9.97 Å². The van der Waals surface area contributed by atoms with Crippen LogP contribution in [0.2, 0.25) is 0 Å². The number of nitrogens with one attached hydrogen (secondary N) is 1. The smallest absolute Gasteiger partial charge is 0.311 e. The molecule has 0 amide bonds. The average molecular weight is 424 g/mol. The van der Waals surface area contributed by atoms with Crippen LogP contribution in [0.5, 0.6) is 5.75 Å². The van der Waals surface area contributed by atoms with Gasteiger partial charge in [-0.3, -0.25) is 19.7 Å². The van der Waals surface area contributed by atoms with E-state index in [4.69, 9.17) is 4.74 Å². The number of fused-ring (bicyclic) bond motifs is 3. The Morgan fingerprint density at radius 2 is 2.17 bits per heavy atom. The first-order valence-electron chi connectivity index (χ1n) is 9.25. The number of nitrogens with zero attached hydrogens (tertiary/aromatic N) is 3. The van der Waals surface area contributed by atoms with Gasteiger partial charge in [0.05, 0.1) is 23.5 Å². The van der Waals surface area contributed by atoms with Gasteiger partial charge in [0.2, 0.25) is 0 Å². The Bertz CT molecular complexity index is 1290. The molecule has 0 saturated carbocycles. The van der Waals surface area contributed by atoms with Crippen LogP contribution >= 0.6 is 11.3 Å². The molecule has 0 saturated heterocycles. The molecule has 2 aromatic heterocycles. The number of hydrogen-bond acceptors (Lipinski definition) is 8. The third-order valence-corrected chi connectivity index (χ3v) is 6.35. The van der Waals surface area contributed by atoms with Gasteiger partial charge in [-0.2, -0.15) is 5.26 Å². The second-order valence-electron chi connectivity index (χ2n) is 6.91. The molecule has 30 heavy (non-hydrogen) atoms. The molecule has 3 aromatic rings. The first-order chi connectivity index (χ1) is 14.4. The number of aromatic amines is 1. The van der Waals surface area contributed by atoms with Crippen molar-refractivity contribution in [3.63, 3.8) is 0 Å². The van der Waals surface area contributed by atoms with Crippen LogP contribution in [0.15, 0.2) is 23.0 Å². The maximum atomic E-state index is 12.9. The summed E-state index contributed by atoms with van der Waals surface area (Å²) in [6, 6.07) is 5.57. The van der Waals surface area contributed by atoms with Crippen LogP contribution in [0.1, 0.15) is 45.4 Å². The Balaban J connectivity index is 1.77. The molecular weight excluding hydrogens is 408 g/mol. The van der Waals surface area contributed by atoms with Gasteiger partial charge >= 0.3 is 5.69 Å². The van der Waals surface area contributed by atoms with E-state index in [1.54, 1.807) is 0 Å². The number of ketones is 1. The third-order valence-electron chi connectivity index (χ3n) is 5.17. The third kappa shape index (κ3) is 3.23. The van der Waals surface area contributed by atoms with Crippen LogP contribution in [0.3, 0.4) is 0 Å². The molecule has 10 heteroatoms. The number of ether oxygens (including phenoxy) is 1. The Morgan fingerprint density at radius 3 is 2.87 bits per heavy atom. The number of benzene rings is 1. The minimum atomic E-state index is -1.39. The summed E-state index contributed by atoms with van der Waals surface area (Å²) in [7, 11) is 1.28. The fourth-order valence-corrected chi connectivity index (χ4v) is 4.98. The lowest BCUT2D eigenvalue weighted by molar-refractivity contribution is -0.385. The number of nitriles is 1. The number of aromatic nitrogens is 2. The van der Waals surface area contributed by atoms with Crippen LogP contribution in [0, 0.1) is 21.4 Å². The monoisotopic (exact) mass is 424 g/mol. The van der Waals surface area contributed by atoms with Gasteiger partial charge in [-0.25, -0.2) is 4.98 Å². The predicted molar refractivity (Wildman–Crippen MR) is 109 cm³/mol. The molecule has 0 fully saturated rings. The quantitative estimate of drug-likeness (QED) is 0.377. The lowest BCUT2D eigenvalue weighted by atomic mass is 9.96. The van der Waals surface area contributed by atoms with Crippen LogP contribution in [0.4, 0.5) is 5.69 Å². The van der Waals surface area contributed by atoms with Crippen LogP contribution in [-0.4, -0.2) is 27.8 Å². The Hall–Kier alpha value is -3.58. The first-order valence-corrected chi connectivity index (χ1v) is 10.1. The fourth-order valence-electron chi connectivity index (χ4n) is 3.71. The zero-order valence-corrected chi connectivity index (χ0v) is 16.7. The van der Waals surface area contributed by atoms with Crippen molar-refractivity contribution in [3.8, 4) is 11.8 Å². The van der Waals surface area contributed by atoms with Gasteiger partial charge in [0.1, 0.15) is 10.7 Å². The van der Waals surface area contributed by atoms with Crippen LogP contribution in [-0.2, 0) is 12.8 Å². The predicted octanol–water partition coefficient (Wildman–Crippen LogP) is 3.27. The lowest BCUT2D eigenvalue weighted by Gasteiger charge is -2.10. The number of methoxy groups -OCH3 is 1. The van der Waals surface area contributed by atoms with Crippen molar-refractivity contribution in [2.75, 3.05) is 7.11 Å². The molecule has 4 rings (SSSR count). The Labute approximate surface area is 174 Å². The number of nitro groups is 1. The fraction of sp³-hybridized carbons (Fsp3) is 0.300. The summed E-state index contributed by atoms with van der Waals surface area (Å²) in [6.07, 6.45) is 3.77. The highest BCUT2D eigenvalue weighted by molar-refractivity contribution is 7.18. The summed E-state index contributed by atoms with van der Waals surface area (Å²) in [5, 5.41) is 21.4. The van der Waals surface area contributed by atoms with Gasteiger partial charge < -0.3 is 9.72 Å². The van der Waals surface area contributed by atoms with Crippen LogP contribution < -0.4 is 10.3 Å². The van der Waals surface area contributed by atoms with Crippen molar-refractivity contribution in [2.24, 2.45) is 0 Å². The molecule has 1 unspecified atom stereocenters. The average Bonchev–Trinajstić information content (AvgIpc) is 3.12. The van der Waals surface area contributed by atoms with Crippen LogP contribution in [0.25, 0.3) is 10.2 Å². The molecular formula is C20H16N4O5S. The number of H-pyrrole nitrogens is 1. The van der Waals surface area contributed by atoms with Gasteiger partial charge in [-0.15, -0.1) is 11.3 Å². The van der Waals surface area contributed by atoms with Crippen molar-refractivity contribution in [1.29, 1.82) is 5.26 Å². The van der Waals surface area contributed by atoms with Gasteiger partial charge in [0.15, 0.2) is 17.5 Å². The van der Waals surface area contributed by atoms with E-state index in [0.717, 1.165) is 42.2 Å². The standard InChI is InChI=1S/C20H16N4O5S/c1-29-14-7-6-10(8-13(14)24(27)28)17(25)12(9-21)18-22-19(26)16-11-4-2-3-5-15(11)30-20(16)23-18/h6-8,12H,2-5H2,1H3,(H,22,23,26). The van der Waals surface area contributed by atoms with E-state index in [1.807, 2.05) is 6.07 Å². The van der Waals surface area contributed by atoms with E-state index in [9.17, 15) is 25.0 Å². The van der Waals surface area contributed by atoms with E-state index >= 15 is 0 Å². The summed E-state index contributed by atoms with van der Waals surface area (Å²) < 4.78 is 4.94. The number of hydrogen-bond donors (Lipinski definition) is 1. The number of thiophene rings is 1. The highest BCUT2D eigenvalue weighted by Crippen LogP contribution is 2.34. The SMILES string of the molecule is COc1ccc(C(=O)C(C#N)c2nc3sc4c(c3c(=O)[nH]2)CCCC4)cc1[N+](=O)[O-]. The maximum Gasteiger partial charge on any atom is 0.311 e. The van der Waals surface area contributed by atoms with E-state index in [0.29, 0.717) is 10.2 Å². The summed E-state index contributed by atoms with van der Waals surface area (Å²) in [5.41, 5.74) is 0.209. The summed E-state index contributed by atoms with van der Waals surface area (Å²) in [6.45, 7) is 0. The second kappa shape index (κ2) is 7.68. The number of rotatable bonds is 5. The summed E-state index contributed by atoms with van der Waals surface area (Å²) in [5.74, 6) is -2.14. The van der Waals surface area contributed by atoms with E-state index < -0.39 is 16.6 Å². The molecule has 1 atom stereocenters. The normalized spacial score (nSPS) is 14.0. The zero-order chi connectivity index (χ0) is 21.4. The van der Waals surface area contributed by atoms with E-state index in [1.165, 1.54) is 30.6 Å². The van der Waals surface area contributed by atoms with Gasteiger partial charge in [0, 0.05) is 16.5 Å². The van der Waals surface area contributed by atoms with Gasteiger partial charge in [-0.05, 0) is 43.4 Å². The highest BCUT2D eigenvalue weighted by Gasteiger charge is 2.29. The summed E-state index contributed by atoms with van der Waals surface area (Å²) >= 11 is 1.42. The number of nitro benzene ring substituents is 1.